The Hall–Kier alpha value is -5.31. The van der Waals surface area contributed by atoms with Crippen LogP contribution < -0.4 is 9.64 Å². The number of esters is 1. The molecule has 1 aliphatic rings. The van der Waals surface area contributed by atoms with Gasteiger partial charge in [0.05, 0.1) is 10.8 Å². The zero-order valence-corrected chi connectivity index (χ0v) is 23.8. The van der Waals surface area contributed by atoms with Gasteiger partial charge in [-0.2, -0.15) is 0 Å². The molecule has 0 spiro atoms. The first-order valence-corrected chi connectivity index (χ1v) is 13.8. The van der Waals surface area contributed by atoms with Crippen LogP contribution in [0.15, 0.2) is 103 Å². The first-order valence-electron chi connectivity index (χ1n) is 13.8. The molecular formula is C34H30N2O7. The summed E-state index contributed by atoms with van der Waals surface area (Å²) in [6.45, 7) is 3.91. The maximum atomic E-state index is 12.7. The molecule has 5 rings (SSSR count). The number of rotatable bonds is 10. The Balaban J connectivity index is 1.16. The minimum atomic E-state index is -0.736. The van der Waals surface area contributed by atoms with E-state index < -0.39 is 29.2 Å². The Morgan fingerprint density at radius 1 is 0.884 bits per heavy atom. The third-order valence-electron chi connectivity index (χ3n) is 7.64. The van der Waals surface area contributed by atoms with Gasteiger partial charge in [-0.15, -0.1) is 0 Å². The van der Waals surface area contributed by atoms with E-state index in [2.05, 4.69) is 38.1 Å². The van der Waals surface area contributed by atoms with Crippen LogP contribution in [0.5, 0.6) is 11.5 Å². The summed E-state index contributed by atoms with van der Waals surface area (Å²) in [5, 5.41) is 10.9. The lowest BCUT2D eigenvalue weighted by molar-refractivity contribution is -0.384. The molecule has 0 aromatic heterocycles. The van der Waals surface area contributed by atoms with Crippen molar-refractivity contribution in [3.05, 3.63) is 130 Å². The summed E-state index contributed by atoms with van der Waals surface area (Å²) in [5.41, 5.74) is 2.68. The van der Waals surface area contributed by atoms with Gasteiger partial charge in [0.1, 0.15) is 11.5 Å². The number of non-ortho nitro benzene ring substituents is 1. The molecule has 0 unspecified atom stereocenters. The molecule has 1 fully saturated rings. The van der Waals surface area contributed by atoms with E-state index in [1.54, 1.807) is 24.3 Å². The maximum Gasteiger partial charge on any atom is 0.311 e. The second kappa shape index (κ2) is 12.3. The fraction of sp³-hybridized carbons (Fsp3) is 0.206. The third kappa shape index (κ3) is 6.62. The van der Waals surface area contributed by atoms with E-state index in [1.165, 1.54) is 28.7 Å². The minimum absolute atomic E-state index is 0.0479. The molecule has 1 amide bonds. The van der Waals surface area contributed by atoms with E-state index in [-0.39, 0.29) is 35.5 Å². The van der Waals surface area contributed by atoms with Crippen LogP contribution in [-0.2, 0) is 19.7 Å². The summed E-state index contributed by atoms with van der Waals surface area (Å²) in [4.78, 5) is 49.5. The number of anilines is 1. The Labute approximate surface area is 248 Å². The molecule has 4 aromatic rings. The van der Waals surface area contributed by atoms with Crippen molar-refractivity contribution in [1.29, 1.82) is 0 Å². The maximum absolute atomic E-state index is 12.7. The van der Waals surface area contributed by atoms with E-state index in [1.807, 2.05) is 30.3 Å². The molecule has 0 N–H and O–H groups in total. The van der Waals surface area contributed by atoms with Crippen molar-refractivity contribution in [2.45, 2.75) is 25.7 Å². The van der Waals surface area contributed by atoms with Gasteiger partial charge in [0.2, 0.25) is 11.7 Å². The number of carbonyl (C=O) groups is 3. The standard InChI is InChI=1S/C34H30N2O7/c1-34(2,25-8-4-3-5-9-25)26-11-15-29(16-12-26)43-30-17-13-27(14-18-30)35-21-24(20-32(35)38)33(39)42-22-31(37)23-7-6-10-28(19-23)36(40)41/h3-19,24H,20-22H2,1-2H3/t24-/m0/s1. The van der Waals surface area contributed by atoms with E-state index >= 15 is 0 Å². The number of hydrogen-bond donors (Lipinski definition) is 0. The third-order valence-corrected chi connectivity index (χ3v) is 7.64. The number of nitrogens with zero attached hydrogens (tertiary/aromatic N) is 2. The molecule has 0 radical (unpaired) electrons. The van der Waals surface area contributed by atoms with Gasteiger partial charge in [-0.3, -0.25) is 24.5 Å². The lowest BCUT2D eigenvalue weighted by Crippen LogP contribution is -2.27. The quantitative estimate of drug-likeness (QED) is 0.0914. The monoisotopic (exact) mass is 578 g/mol. The number of hydrogen-bond acceptors (Lipinski definition) is 7. The lowest BCUT2D eigenvalue weighted by atomic mass is 9.78. The van der Waals surface area contributed by atoms with Crippen LogP contribution in [0, 0.1) is 16.0 Å². The highest BCUT2D eigenvalue weighted by molar-refractivity contribution is 6.01. The van der Waals surface area contributed by atoms with Crippen molar-refractivity contribution >= 4 is 29.0 Å². The van der Waals surface area contributed by atoms with Gasteiger partial charge < -0.3 is 14.4 Å². The Bertz CT molecular complexity index is 1650. The van der Waals surface area contributed by atoms with E-state index in [9.17, 15) is 24.5 Å². The second-order valence-corrected chi connectivity index (χ2v) is 10.9. The van der Waals surface area contributed by atoms with Gasteiger partial charge in [-0.25, -0.2) is 0 Å². The Kier molecular flexibility index (Phi) is 8.34. The number of carbonyl (C=O) groups excluding carboxylic acids is 3. The Morgan fingerprint density at radius 2 is 1.51 bits per heavy atom. The predicted octanol–water partition coefficient (Wildman–Crippen LogP) is 6.49. The van der Waals surface area contributed by atoms with Gasteiger partial charge in [-0.05, 0) is 47.5 Å². The molecule has 0 aliphatic carbocycles. The molecule has 1 atom stereocenters. The molecule has 9 heteroatoms. The van der Waals surface area contributed by atoms with E-state index in [0.717, 1.165) is 11.6 Å². The summed E-state index contributed by atoms with van der Waals surface area (Å²) in [5.74, 6) is -0.935. The summed E-state index contributed by atoms with van der Waals surface area (Å²) in [6, 6.07) is 30.5. The molecule has 9 nitrogen and oxygen atoms in total. The van der Waals surface area contributed by atoms with Crippen molar-refractivity contribution in [2.75, 3.05) is 18.1 Å². The van der Waals surface area contributed by atoms with Gasteiger partial charge in [0.15, 0.2) is 6.61 Å². The van der Waals surface area contributed by atoms with Crippen molar-refractivity contribution in [3.8, 4) is 11.5 Å². The SMILES string of the molecule is CC(C)(c1ccccc1)c1ccc(Oc2ccc(N3C[C@@H](C(=O)OCC(=O)c4cccc([N+](=O)[O-])c4)CC3=O)cc2)cc1. The average Bonchev–Trinajstić information content (AvgIpc) is 3.42. The van der Waals surface area contributed by atoms with Gasteiger partial charge >= 0.3 is 5.97 Å². The normalized spacial score (nSPS) is 14.8. The van der Waals surface area contributed by atoms with Crippen LogP contribution in [0.1, 0.15) is 41.8 Å². The first kappa shape index (κ1) is 29.2. The molecule has 1 aliphatic heterocycles. The van der Waals surface area contributed by atoms with Gasteiger partial charge in [-0.1, -0.05) is 68.4 Å². The van der Waals surface area contributed by atoms with Crippen LogP contribution >= 0.6 is 0 Å². The molecule has 4 aromatic carbocycles. The van der Waals surface area contributed by atoms with E-state index in [4.69, 9.17) is 9.47 Å². The highest BCUT2D eigenvalue weighted by atomic mass is 16.6. The van der Waals surface area contributed by atoms with Gasteiger partial charge in [0.25, 0.3) is 5.69 Å². The van der Waals surface area contributed by atoms with Crippen LogP contribution in [0.3, 0.4) is 0 Å². The second-order valence-electron chi connectivity index (χ2n) is 10.9. The van der Waals surface area contributed by atoms with Crippen molar-refractivity contribution in [1.82, 2.24) is 0 Å². The molecule has 1 heterocycles. The predicted molar refractivity (Wildman–Crippen MR) is 160 cm³/mol. The molecule has 0 bridgehead atoms. The number of nitro groups is 1. The Morgan fingerprint density at radius 3 is 2.16 bits per heavy atom. The molecule has 218 valence electrons. The van der Waals surface area contributed by atoms with Crippen molar-refractivity contribution in [3.63, 3.8) is 0 Å². The topological polar surface area (TPSA) is 116 Å². The molecule has 0 saturated carbocycles. The van der Waals surface area contributed by atoms with Gasteiger partial charge in [0, 0.05) is 41.8 Å². The van der Waals surface area contributed by atoms with Crippen molar-refractivity contribution < 1.29 is 28.8 Å². The number of ketones is 1. The summed E-state index contributed by atoms with van der Waals surface area (Å²) in [7, 11) is 0. The summed E-state index contributed by atoms with van der Waals surface area (Å²) in [6.07, 6.45) is -0.0479. The van der Waals surface area contributed by atoms with Crippen LogP contribution in [0.25, 0.3) is 0 Å². The van der Waals surface area contributed by atoms with Crippen LogP contribution in [0.4, 0.5) is 11.4 Å². The van der Waals surface area contributed by atoms with Crippen LogP contribution in [0.2, 0.25) is 0 Å². The zero-order chi connectivity index (χ0) is 30.6. The van der Waals surface area contributed by atoms with Crippen LogP contribution in [-0.4, -0.2) is 35.7 Å². The average molecular weight is 579 g/mol. The first-order chi connectivity index (χ1) is 20.6. The lowest BCUT2D eigenvalue weighted by Gasteiger charge is -2.26. The highest BCUT2D eigenvalue weighted by Crippen LogP contribution is 2.34. The number of ether oxygens (including phenoxy) is 2. The number of Topliss-reactive ketones (excluding diaryl/α,β-unsaturated/α-hetero) is 1. The number of amides is 1. The number of nitro benzene ring substituents is 1. The largest absolute Gasteiger partial charge is 0.457 e. The van der Waals surface area contributed by atoms with E-state index in [0.29, 0.717) is 17.2 Å². The molecule has 43 heavy (non-hydrogen) atoms. The summed E-state index contributed by atoms with van der Waals surface area (Å²) >= 11 is 0. The smallest absolute Gasteiger partial charge is 0.311 e. The molecule has 1 saturated heterocycles. The summed E-state index contributed by atoms with van der Waals surface area (Å²) < 4.78 is 11.2. The molecular weight excluding hydrogens is 548 g/mol. The zero-order valence-electron chi connectivity index (χ0n) is 23.8. The minimum Gasteiger partial charge on any atom is -0.457 e. The highest BCUT2D eigenvalue weighted by Gasteiger charge is 2.36. The van der Waals surface area contributed by atoms with Crippen molar-refractivity contribution in [2.24, 2.45) is 5.92 Å². The number of benzene rings is 4. The fourth-order valence-corrected chi connectivity index (χ4v) is 5.04. The fourth-order valence-electron chi connectivity index (χ4n) is 5.04.